The second-order valence-electron chi connectivity index (χ2n) is 12.3. The van der Waals surface area contributed by atoms with Gasteiger partial charge in [-0.2, -0.15) is 0 Å². The van der Waals surface area contributed by atoms with E-state index in [1.54, 1.807) is 6.92 Å². The van der Waals surface area contributed by atoms with Crippen LogP contribution in [0.1, 0.15) is 52.9 Å². The molecule has 13 atom stereocenters. The second-order valence-corrected chi connectivity index (χ2v) is 12.3. The molecular weight excluding hydrogens is 540 g/mol. The normalized spacial score (nSPS) is 41.5. The quantitative estimate of drug-likeness (QED) is 0.106. The third-order valence-electron chi connectivity index (χ3n) is 8.16. The van der Waals surface area contributed by atoms with Gasteiger partial charge in [-0.25, -0.2) is 0 Å². The first-order chi connectivity index (χ1) is 19.3. The Bertz CT molecular complexity index is 810. The van der Waals surface area contributed by atoms with E-state index in [1.165, 1.54) is 0 Å². The molecule has 3 rings (SSSR count). The Morgan fingerprint density at radius 1 is 1.15 bits per heavy atom. The molecule has 1 amide bonds. The molecule has 14 nitrogen and oxygen atoms in total. The lowest BCUT2D eigenvalue weighted by atomic mass is 9.79. The van der Waals surface area contributed by atoms with Crippen LogP contribution in [0.5, 0.6) is 0 Å². The van der Waals surface area contributed by atoms with Crippen LogP contribution in [-0.2, 0) is 23.7 Å². The Morgan fingerprint density at radius 3 is 2.51 bits per heavy atom. The molecule has 2 aliphatic heterocycles. The van der Waals surface area contributed by atoms with E-state index in [2.05, 4.69) is 10.6 Å². The first-order valence-electron chi connectivity index (χ1n) is 14.8. The first kappa shape index (κ1) is 34.5. The summed E-state index contributed by atoms with van der Waals surface area (Å²) in [6.45, 7) is 5.96. The van der Waals surface area contributed by atoms with Gasteiger partial charge in [0.05, 0.1) is 49.2 Å². The summed E-state index contributed by atoms with van der Waals surface area (Å²) in [6, 6.07) is -1.09. The molecule has 3 aliphatic rings. The predicted octanol–water partition coefficient (Wildman–Crippen LogP) is -2.74. The van der Waals surface area contributed by atoms with Crippen molar-refractivity contribution in [1.82, 2.24) is 10.6 Å². The zero-order valence-electron chi connectivity index (χ0n) is 24.4. The van der Waals surface area contributed by atoms with E-state index in [9.17, 15) is 25.2 Å². The van der Waals surface area contributed by atoms with E-state index in [0.29, 0.717) is 32.2 Å². The third kappa shape index (κ3) is 9.74. The fraction of sp³-hybridized carbons (Fsp3) is 0.963. The fourth-order valence-corrected chi connectivity index (χ4v) is 5.92. The molecule has 14 heteroatoms. The highest BCUT2D eigenvalue weighted by atomic mass is 16.7. The van der Waals surface area contributed by atoms with Crippen molar-refractivity contribution in [2.75, 3.05) is 32.8 Å². The van der Waals surface area contributed by atoms with Crippen LogP contribution in [0.3, 0.4) is 0 Å². The highest BCUT2D eigenvalue weighted by Gasteiger charge is 2.49. The third-order valence-corrected chi connectivity index (χ3v) is 8.16. The minimum absolute atomic E-state index is 0.0584. The maximum absolute atomic E-state index is 12.7. The summed E-state index contributed by atoms with van der Waals surface area (Å²) < 4.78 is 24.5. The smallest absolute Gasteiger partial charge is 0.249 e. The van der Waals surface area contributed by atoms with E-state index in [0.717, 1.165) is 0 Å². The van der Waals surface area contributed by atoms with E-state index in [-0.39, 0.29) is 50.7 Å². The molecule has 11 N–H and O–H groups in total. The van der Waals surface area contributed by atoms with Crippen molar-refractivity contribution < 1.29 is 49.3 Å². The van der Waals surface area contributed by atoms with Gasteiger partial charge in [-0.05, 0) is 51.5 Å². The Kier molecular flexibility index (Phi) is 13.1. The number of ether oxygens (including phenoxy) is 4. The summed E-state index contributed by atoms with van der Waals surface area (Å²) in [7, 11) is 0. The molecule has 41 heavy (non-hydrogen) atoms. The van der Waals surface area contributed by atoms with Crippen LogP contribution in [0.4, 0.5) is 0 Å². The molecule has 1 aliphatic carbocycles. The lowest BCUT2D eigenvalue weighted by molar-refractivity contribution is -0.296. The molecule has 2 heterocycles. The van der Waals surface area contributed by atoms with E-state index >= 15 is 0 Å². The highest BCUT2D eigenvalue weighted by Crippen LogP contribution is 2.36. The summed E-state index contributed by atoms with van der Waals surface area (Å²) in [4.78, 5) is 12.7. The number of carbonyl (C=O) groups is 1. The van der Waals surface area contributed by atoms with Crippen LogP contribution < -0.4 is 22.1 Å². The standard InChI is InChI=1S/C27H52N4O10/c1-14-8-19(31-24(36)20(34)6-7-28)23(41-25-15(2)9-27(3,37)13-38-25)21(35)22(14)40-26-18(29)5-4-17(39-26)11-30-10-16(33)12-32/h14-23,25-26,30,32-35,37H,4-13,28-29H2,1-3H3,(H,31,36)/t14-,15?,16?,17-,18?,19+,20-,21?,22?,23?,25+,26+,27?/m0/s1. The largest absolute Gasteiger partial charge is 0.394 e. The Labute approximate surface area is 242 Å². The number of hydrogen-bond acceptors (Lipinski definition) is 13. The van der Waals surface area contributed by atoms with Crippen LogP contribution in [-0.4, -0.2) is 131 Å². The Hall–Kier alpha value is -1.01. The molecule has 2 saturated heterocycles. The Morgan fingerprint density at radius 2 is 1.85 bits per heavy atom. The van der Waals surface area contributed by atoms with Crippen LogP contribution >= 0.6 is 0 Å². The van der Waals surface area contributed by atoms with Crippen molar-refractivity contribution >= 4 is 5.91 Å². The topological polar surface area (TPSA) is 231 Å². The monoisotopic (exact) mass is 592 g/mol. The summed E-state index contributed by atoms with van der Waals surface area (Å²) in [6.07, 6.45) is -4.64. The molecule has 7 unspecified atom stereocenters. The summed E-state index contributed by atoms with van der Waals surface area (Å²) in [5, 5.41) is 56.7. The van der Waals surface area contributed by atoms with Gasteiger partial charge < -0.3 is 66.6 Å². The number of aliphatic hydroxyl groups is 5. The average molecular weight is 593 g/mol. The number of hydrogen-bond donors (Lipinski definition) is 9. The van der Waals surface area contributed by atoms with Gasteiger partial charge in [0.25, 0.3) is 0 Å². The lowest BCUT2D eigenvalue weighted by Crippen LogP contribution is -2.64. The van der Waals surface area contributed by atoms with Gasteiger partial charge in [0.2, 0.25) is 5.91 Å². The average Bonchev–Trinajstić information content (AvgIpc) is 2.91. The predicted molar refractivity (Wildman–Crippen MR) is 147 cm³/mol. The van der Waals surface area contributed by atoms with Crippen LogP contribution in [0.2, 0.25) is 0 Å². The maximum Gasteiger partial charge on any atom is 0.249 e. The molecule has 1 saturated carbocycles. The molecule has 0 spiro atoms. The molecule has 0 aromatic carbocycles. The molecule has 240 valence electrons. The van der Waals surface area contributed by atoms with Crippen molar-refractivity contribution in [2.24, 2.45) is 23.3 Å². The molecule has 0 radical (unpaired) electrons. The zero-order chi connectivity index (χ0) is 30.3. The zero-order valence-corrected chi connectivity index (χ0v) is 24.4. The second kappa shape index (κ2) is 15.6. The minimum Gasteiger partial charge on any atom is -0.394 e. The molecular formula is C27H52N4O10. The maximum atomic E-state index is 12.7. The highest BCUT2D eigenvalue weighted by molar-refractivity contribution is 5.80. The van der Waals surface area contributed by atoms with Gasteiger partial charge in [0.1, 0.15) is 18.3 Å². The van der Waals surface area contributed by atoms with Gasteiger partial charge in [-0.3, -0.25) is 4.79 Å². The van der Waals surface area contributed by atoms with Crippen LogP contribution in [0, 0.1) is 11.8 Å². The molecule has 3 fully saturated rings. The van der Waals surface area contributed by atoms with E-state index < -0.39 is 66.7 Å². The number of aliphatic hydroxyl groups excluding tert-OH is 4. The van der Waals surface area contributed by atoms with Gasteiger partial charge >= 0.3 is 0 Å². The van der Waals surface area contributed by atoms with Gasteiger partial charge in [-0.15, -0.1) is 0 Å². The van der Waals surface area contributed by atoms with Gasteiger partial charge in [0.15, 0.2) is 12.6 Å². The summed E-state index contributed by atoms with van der Waals surface area (Å²) in [5.41, 5.74) is 10.8. The SMILES string of the molecule is CC1CC(C)(O)CO[C@@H]1OC1C(O)C(O[C@H]2O[C@H](CNCC(O)CO)CCC2N)[C@@H](C)C[C@H]1NC(=O)[C@@H](O)CCN. The van der Waals surface area contributed by atoms with Crippen molar-refractivity contribution in [1.29, 1.82) is 0 Å². The number of nitrogens with one attached hydrogen (secondary N) is 2. The van der Waals surface area contributed by atoms with Crippen LogP contribution in [0.25, 0.3) is 0 Å². The number of amides is 1. The minimum atomic E-state index is -1.29. The molecule has 0 bridgehead atoms. The summed E-state index contributed by atoms with van der Waals surface area (Å²) >= 11 is 0. The van der Waals surface area contributed by atoms with Crippen molar-refractivity contribution in [3.63, 3.8) is 0 Å². The van der Waals surface area contributed by atoms with Crippen molar-refractivity contribution in [3.05, 3.63) is 0 Å². The number of nitrogens with two attached hydrogens (primary N) is 2. The van der Waals surface area contributed by atoms with Crippen molar-refractivity contribution in [3.8, 4) is 0 Å². The van der Waals surface area contributed by atoms with Crippen molar-refractivity contribution in [2.45, 2.75) is 120 Å². The molecule has 0 aromatic heterocycles. The first-order valence-corrected chi connectivity index (χ1v) is 14.8. The Balaban J connectivity index is 1.71. The number of rotatable bonds is 13. The van der Waals surface area contributed by atoms with E-state index in [1.807, 2.05) is 13.8 Å². The lowest BCUT2D eigenvalue weighted by Gasteiger charge is -2.48. The summed E-state index contributed by atoms with van der Waals surface area (Å²) in [5.74, 6) is -1.05. The van der Waals surface area contributed by atoms with Crippen LogP contribution in [0.15, 0.2) is 0 Å². The fourth-order valence-electron chi connectivity index (χ4n) is 5.92. The number of carbonyl (C=O) groups excluding carboxylic acids is 1. The van der Waals surface area contributed by atoms with Gasteiger partial charge in [0, 0.05) is 19.0 Å². The van der Waals surface area contributed by atoms with E-state index in [4.69, 9.17) is 35.5 Å². The molecule has 0 aromatic rings. The van der Waals surface area contributed by atoms with Gasteiger partial charge in [-0.1, -0.05) is 13.8 Å².